The van der Waals surface area contributed by atoms with Gasteiger partial charge in [0.05, 0.1) is 12.4 Å². The number of fused-ring (bicyclic) bond motifs is 1. The SMILES string of the molecule is CC(C)(C)CC(C)(C)Nc1cnc2cnc(C(=O)O)cn12. The first kappa shape index (κ1) is 15.3. The second kappa shape index (κ2) is 5.02. The molecule has 6 nitrogen and oxygen atoms in total. The molecule has 0 aliphatic carbocycles. The lowest BCUT2D eigenvalue weighted by molar-refractivity contribution is 0.0690. The minimum Gasteiger partial charge on any atom is -0.476 e. The minimum absolute atomic E-state index is 0.00261. The fourth-order valence-electron chi connectivity index (χ4n) is 2.81. The summed E-state index contributed by atoms with van der Waals surface area (Å²) in [7, 11) is 0. The normalized spacial score (nSPS) is 12.6. The fourth-order valence-corrected chi connectivity index (χ4v) is 2.81. The number of carboxylic acids is 1. The summed E-state index contributed by atoms with van der Waals surface area (Å²) in [5, 5.41) is 12.5. The Labute approximate surface area is 124 Å². The zero-order valence-electron chi connectivity index (χ0n) is 13.1. The van der Waals surface area contributed by atoms with Crippen LogP contribution in [0.25, 0.3) is 5.65 Å². The van der Waals surface area contributed by atoms with Crippen molar-refractivity contribution in [2.45, 2.75) is 46.6 Å². The van der Waals surface area contributed by atoms with E-state index in [1.165, 1.54) is 12.4 Å². The Morgan fingerprint density at radius 3 is 2.48 bits per heavy atom. The number of anilines is 1. The molecule has 0 saturated heterocycles. The molecule has 0 amide bonds. The number of aromatic nitrogens is 3. The Hall–Kier alpha value is -2.11. The Morgan fingerprint density at radius 1 is 1.24 bits per heavy atom. The van der Waals surface area contributed by atoms with Crippen molar-refractivity contribution < 1.29 is 9.90 Å². The van der Waals surface area contributed by atoms with Crippen LogP contribution in [0.15, 0.2) is 18.6 Å². The molecule has 0 saturated carbocycles. The van der Waals surface area contributed by atoms with Crippen molar-refractivity contribution in [2.24, 2.45) is 5.41 Å². The van der Waals surface area contributed by atoms with Crippen LogP contribution in [0.3, 0.4) is 0 Å². The van der Waals surface area contributed by atoms with Gasteiger partial charge in [0, 0.05) is 11.7 Å². The van der Waals surface area contributed by atoms with Crippen LogP contribution >= 0.6 is 0 Å². The summed E-state index contributed by atoms with van der Waals surface area (Å²) in [5.74, 6) is -0.283. The molecule has 2 heterocycles. The van der Waals surface area contributed by atoms with E-state index >= 15 is 0 Å². The highest BCUT2D eigenvalue weighted by Crippen LogP contribution is 2.29. The molecule has 0 aliphatic rings. The average Bonchev–Trinajstić information content (AvgIpc) is 2.67. The van der Waals surface area contributed by atoms with Crippen LogP contribution in [0, 0.1) is 5.41 Å². The van der Waals surface area contributed by atoms with Gasteiger partial charge < -0.3 is 10.4 Å². The van der Waals surface area contributed by atoms with Crippen LogP contribution in [-0.4, -0.2) is 31.0 Å². The van der Waals surface area contributed by atoms with E-state index in [2.05, 4.69) is 49.9 Å². The number of rotatable bonds is 4. The molecule has 0 aromatic carbocycles. The fraction of sp³-hybridized carbons (Fsp3) is 0.533. The monoisotopic (exact) mass is 290 g/mol. The summed E-state index contributed by atoms with van der Waals surface area (Å²) in [5.41, 5.74) is 0.664. The first-order valence-corrected chi connectivity index (χ1v) is 6.92. The number of hydrogen-bond donors (Lipinski definition) is 2. The molecule has 0 atom stereocenters. The summed E-state index contributed by atoms with van der Waals surface area (Å²) < 4.78 is 1.72. The van der Waals surface area contributed by atoms with Gasteiger partial charge in [-0.2, -0.15) is 0 Å². The summed E-state index contributed by atoms with van der Waals surface area (Å²) in [6, 6.07) is 0. The Kier molecular flexibility index (Phi) is 3.65. The van der Waals surface area contributed by atoms with Gasteiger partial charge in [0.1, 0.15) is 5.82 Å². The zero-order valence-corrected chi connectivity index (χ0v) is 13.1. The van der Waals surface area contributed by atoms with Gasteiger partial charge in [0.15, 0.2) is 11.3 Å². The quantitative estimate of drug-likeness (QED) is 0.904. The van der Waals surface area contributed by atoms with Gasteiger partial charge in [0.25, 0.3) is 0 Å². The molecule has 114 valence electrons. The van der Waals surface area contributed by atoms with Gasteiger partial charge in [-0.25, -0.2) is 14.8 Å². The maximum atomic E-state index is 11.0. The predicted octanol–water partition coefficient (Wildman–Crippen LogP) is 3.05. The van der Waals surface area contributed by atoms with Crippen LogP contribution in [-0.2, 0) is 0 Å². The van der Waals surface area contributed by atoms with Crippen LogP contribution < -0.4 is 5.32 Å². The number of carboxylic acid groups (broad SMARTS) is 1. The van der Waals surface area contributed by atoms with E-state index < -0.39 is 5.97 Å². The molecular weight excluding hydrogens is 268 g/mol. The van der Waals surface area contributed by atoms with E-state index in [9.17, 15) is 4.79 Å². The Morgan fingerprint density at radius 2 is 1.90 bits per heavy atom. The maximum absolute atomic E-state index is 11.0. The lowest BCUT2D eigenvalue weighted by Crippen LogP contribution is -2.35. The Bertz CT molecular complexity index is 668. The first-order chi connectivity index (χ1) is 9.57. The number of imidazole rings is 1. The van der Waals surface area contributed by atoms with Crippen LogP contribution in [0.4, 0.5) is 5.82 Å². The van der Waals surface area contributed by atoms with Crippen LogP contribution in [0.1, 0.15) is 51.5 Å². The standard InChI is InChI=1S/C15H22N4O2/c1-14(2,3)9-15(4,5)18-12-7-17-11-6-16-10(13(20)21)8-19(11)12/h6-8,18H,9H2,1-5H3,(H,20,21). The molecule has 2 rings (SSSR count). The van der Waals surface area contributed by atoms with Crippen molar-refractivity contribution >= 4 is 17.4 Å². The van der Waals surface area contributed by atoms with Gasteiger partial charge >= 0.3 is 5.97 Å². The third-order valence-corrected chi connectivity index (χ3v) is 3.05. The molecular formula is C15H22N4O2. The topological polar surface area (TPSA) is 79.5 Å². The van der Waals surface area contributed by atoms with E-state index in [1.54, 1.807) is 10.6 Å². The van der Waals surface area contributed by atoms with Crippen molar-refractivity contribution in [3.8, 4) is 0 Å². The van der Waals surface area contributed by atoms with E-state index in [-0.39, 0.29) is 16.6 Å². The molecule has 0 radical (unpaired) electrons. The number of aromatic carboxylic acids is 1. The third kappa shape index (κ3) is 3.71. The molecule has 0 spiro atoms. The lowest BCUT2D eigenvalue weighted by Gasteiger charge is -2.33. The third-order valence-electron chi connectivity index (χ3n) is 3.05. The second-order valence-corrected chi connectivity index (χ2v) is 7.20. The molecule has 0 unspecified atom stereocenters. The molecule has 2 aromatic heterocycles. The lowest BCUT2D eigenvalue weighted by atomic mass is 9.82. The highest BCUT2D eigenvalue weighted by molar-refractivity contribution is 5.85. The van der Waals surface area contributed by atoms with Crippen molar-refractivity contribution in [1.29, 1.82) is 0 Å². The van der Waals surface area contributed by atoms with E-state index in [0.717, 1.165) is 12.2 Å². The number of carbonyl (C=O) groups is 1. The predicted molar refractivity (Wildman–Crippen MR) is 81.7 cm³/mol. The van der Waals surface area contributed by atoms with E-state index in [0.29, 0.717) is 5.65 Å². The van der Waals surface area contributed by atoms with E-state index in [4.69, 9.17) is 5.11 Å². The molecule has 2 N–H and O–H groups in total. The highest BCUT2D eigenvalue weighted by atomic mass is 16.4. The molecule has 6 heteroatoms. The second-order valence-electron chi connectivity index (χ2n) is 7.20. The minimum atomic E-state index is -1.05. The smallest absolute Gasteiger partial charge is 0.356 e. The maximum Gasteiger partial charge on any atom is 0.356 e. The van der Waals surface area contributed by atoms with Gasteiger partial charge in [-0.1, -0.05) is 20.8 Å². The highest BCUT2D eigenvalue weighted by Gasteiger charge is 2.26. The van der Waals surface area contributed by atoms with Gasteiger partial charge in [-0.05, 0) is 25.7 Å². The molecule has 0 bridgehead atoms. The van der Waals surface area contributed by atoms with Crippen LogP contribution in [0.2, 0.25) is 0 Å². The number of hydrogen-bond acceptors (Lipinski definition) is 4. The first-order valence-electron chi connectivity index (χ1n) is 6.92. The van der Waals surface area contributed by atoms with Gasteiger partial charge in [-0.3, -0.25) is 4.40 Å². The van der Waals surface area contributed by atoms with Gasteiger partial charge in [-0.15, -0.1) is 0 Å². The number of nitrogens with one attached hydrogen (secondary N) is 1. The summed E-state index contributed by atoms with van der Waals surface area (Å²) in [4.78, 5) is 19.1. The average molecular weight is 290 g/mol. The van der Waals surface area contributed by atoms with Crippen molar-refractivity contribution in [3.63, 3.8) is 0 Å². The van der Waals surface area contributed by atoms with Crippen molar-refractivity contribution in [3.05, 3.63) is 24.3 Å². The number of nitrogens with zero attached hydrogens (tertiary/aromatic N) is 3. The van der Waals surface area contributed by atoms with Crippen LogP contribution in [0.5, 0.6) is 0 Å². The Balaban J connectivity index is 2.34. The summed E-state index contributed by atoms with van der Waals surface area (Å²) >= 11 is 0. The summed E-state index contributed by atoms with van der Waals surface area (Å²) in [6.07, 6.45) is 5.61. The molecule has 0 fully saturated rings. The largest absolute Gasteiger partial charge is 0.476 e. The van der Waals surface area contributed by atoms with Crippen molar-refractivity contribution in [2.75, 3.05) is 5.32 Å². The van der Waals surface area contributed by atoms with Crippen molar-refractivity contribution in [1.82, 2.24) is 14.4 Å². The molecule has 21 heavy (non-hydrogen) atoms. The van der Waals surface area contributed by atoms with E-state index in [1.807, 2.05) is 0 Å². The zero-order chi connectivity index (χ0) is 15.8. The molecule has 2 aromatic rings. The van der Waals surface area contributed by atoms with Gasteiger partial charge in [0.2, 0.25) is 0 Å². The molecule has 0 aliphatic heterocycles. The summed E-state index contributed by atoms with van der Waals surface area (Å²) in [6.45, 7) is 10.8.